The van der Waals surface area contributed by atoms with Crippen molar-refractivity contribution in [2.45, 2.75) is 43.3 Å². The lowest BCUT2D eigenvalue weighted by Crippen LogP contribution is -2.55. The van der Waals surface area contributed by atoms with Gasteiger partial charge in [0.05, 0.1) is 22.6 Å². The summed E-state index contributed by atoms with van der Waals surface area (Å²) in [6.07, 6.45) is 1.62. The number of carbonyl (C=O) groups excluding carboxylic acids is 1. The molecule has 1 spiro atoms. The second kappa shape index (κ2) is 7.36. The van der Waals surface area contributed by atoms with E-state index >= 15 is 0 Å². The maximum atomic E-state index is 13.4. The molecule has 31 heavy (non-hydrogen) atoms. The summed E-state index contributed by atoms with van der Waals surface area (Å²) in [5.74, 6) is -0.514. The van der Waals surface area contributed by atoms with Crippen LogP contribution in [0.5, 0.6) is 5.75 Å². The van der Waals surface area contributed by atoms with Gasteiger partial charge in [-0.1, -0.05) is 41.4 Å². The van der Waals surface area contributed by atoms with E-state index in [-0.39, 0.29) is 16.9 Å². The number of ether oxygens (including phenoxy) is 1. The van der Waals surface area contributed by atoms with Gasteiger partial charge in [-0.15, -0.1) is 0 Å². The van der Waals surface area contributed by atoms with Gasteiger partial charge in [0.25, 0.3) is 11.9 Å². The van der Waals surface area contributed by atoms with E-state index in [9.17, 15) is 14.9 Å². The Morgan fingerprint density at radius 3 is 2.68 bits per heavy atom. The fourth-order valence-electron chi connectivity index (χ4n) is 5.83. The molecule has 3 aliphatic rings. The summed E-state index contributed by atoms with van der Waals surface area (Å²) in [7, 11) is 0. The van der Waals surface area contributed by atoms with Crippen LogP contribution in [0.2, 0.25) is 10.0 Å². The van der Waals surface area contributed by atoms with E-state index in [1.807, 2.05) is 30.0 Å². The molecule has 0 aromatic heterocycles. The zero-order chi connectivity index (χ0) is 21.9. The molecule has 1 N–H and O–H groups in total. The average molecular weight is 462 g/mol. The van der Waals surface area contributed by atoms with Crippen molar-refractivity contribution in [3.8, 4) is 5.75 Å². The van der Waals surface area contributed by atoms with E-state index in [2.05, 4.69) is 5.32 Å². The maximum absolute atomic E-state index is 13.4. The van der Waals surface area contributed by atoms with Crippen LogP contribution in [0.3, 0.4) is 0 Å². The lowest BCUT2D eigenvalue weighted by molar-refractivity contribution is -0.534. The molecule has 2 saturated heterocycles. The molecule has 1 amide bonds. The summed E-state index contributed by atoms with van der Waals surface area (Å²) < 4.78 is 5.53. The van der Waals surface area contributed by atoms with Crippen molar-refractivity contribution < 1.29 is 14.5 Å². The van der Waals surface area contributed by atoms with Crippen molar-refractivity contribution in [3.05, 3.63) is 67.7 Å². The van der Waals surface area contributed by atoms with E-state index in [0.29, 0.717) is 45.8 Å². The van der Waals surface area contributed by atoms with Gasteiger partial charge in [0.15, 0.2) is 11.3 Å². The molecule has 4 atom stereocenters. The second-order valence-electron chi connectivity index (χ2n) is 8.17. The largest absolute Gasteiger partial charge is 0.491 e. The number of nitrogens with one attached hydrogen (secondary N) is 1. The molecule has 2 aromatic rings. The Hall–Kier alpha value is -2.35. The predicted octanol–water partition coefficient (Wildman–Crippen LogP) is 4.45. The molecular weight excluding hydrogens is 441 g/mol. The Balaban J connectivity index is 1.72. The standard InChI is InChI=1S/C22H21Cl2N3O4/c1-2-31-19-14(23)10-12(11-15(19)24)18-17-8-5-9-26(17)22(20(18)27(29)30)13-6-3-4-7-16(13)25-21(22)28/h3-4,6-7,10-11,17-18,20H,2,5,8-9H2,1H3,(H,25,28)/t17-,18+,20-,22-/m0/s1. The van der Waals surface area contributed by atoms with Gasteiger partial charge in [0.1, 0.15) is 0 Å². The number of fused-ring (bicyclic) bond motifs is 4. The molecule has 2 aromatic carbocycles. The van der Waals surface area contributed by atoms with Gasteiger partial charge in [-0.3, -0.25) is 19.8 Å². The number of benzene rings is 2. The van der Waals surface area contributed by atoms with Crippen LogP contribution in [-0.2, 0) is 10.3 Å². The van der Waals surface area contributed by atoms with Gasteiger partial charge in [-0.2, -0.15) is 0 Å². The molecule has 0 radical (unpaired) electrons. The van der Waals surface area contributed by atoms with Crippen LogP contribution in [0.15, 0.2) is 36.4 Å². The van der Waals surface area contributed by atoms with Crippen LogP contribution in [-0.4, -0.2) is 41.0 Å². The van der Waals surface area contributed by atoms with Gasteiger partial charge in [0, 0.05) is 28.8 Å². The third-order valence-corrected chi connectivity index (χ3v) is 7.35. The number of nitro groups is 1. The molecule has 3 heterocycles. The van der Waals surface area contributed by atoms with E-state index in [1.165, 1.54) is 0 Å². The van der Waals surface area contributed by atoms with Crippen LogP contribution >= 0.6 is 23.2 Å². The monoisotopic (exact) mass is 461 g/mol. The number of hydrogen-bond acceptors (Lipinski definition) is 5. The first-order valence-corrected chi connectivity index (χ1v) is 11.1. The highest BCUT2D eigenvalue weighted by Gasteiger charge is 2.73. The summed E-state index contributed by atoms with van der Waals surface area (Å²) in [5, 5.41) is 16.1. The minimum atomic E-state index is -1.36. The summed E-state index contributed by atoms with van der Waals surface area (Å²) in [6.45, 7) is 2.85. The van der Waals surface area contributed by atoms with Crippen LogP contribution in [0.4, 0.5) is 5.69 Å². The third-order valence-electron chi connectivity index (χ3n) is 6.79. The first kappa shape index (κ1) is 20.5. The molecular formula is C22H21Cl2N3O4. The van der Waals surface area contributed by atoms with Crippen molar-refractivity contribution >= 4 is 34.8 Å². The minimum Gasteiger partial charge on any atom is -0.491 e. The number of amides is 1. The molecule has 0 aliphatic carbocycles. The Labute approximate surface area is 189 Å². The van der Waals surface area contributed by atoms with Gasteiger partial charge in [0.2, 0.25) is 0 Å². The maximum Gasteiger partial charge on any atom is 0.256 e. The number of halogens is 2. The van der Waals surface area contributed by atoms with Crippen molar-refractivity contribution in [1.82, 2.24) is 4.90 Å². The molecule has 5 rings (SSSR count). The van der Waals surface area contributed by atoms with Crippen molar-refractivity contribution in [2.75, 3.05) is 18.5 Å². The van der Waals surface area contributed by atoms with Crippen LogP contribution in [0.25, 0.3) is 0 Å². The number of hydrogen-bond donors (Lipinski definition) is 1. The number of para-hydroxylation sites is 1. The quantitative estimate of drug-likeness (QED) is 0.536. The number of anilines is 1. The van der Waals surface area contributed by atoms with Gasteiger partial charge >= 0.3 is 0 Å². The first-order valence-electron chi connectivity index (χ1n) is 10.3. The Morgan fingerprint density at radius 1 is 1.29 bits per heavy atom. The predicted molar refractivity (Wildman–Crippen MR) is 118 cm³/mol. The van der Waals surface area contributed by atoms with Crippen LogP contribution in [0, 0.1) is 10.1 Å². The molecule has 0 bridgehead atoms. The zero-order valence-electron chi connectivity index (χ0n) is 16.8. The average Bonchev–Trinajstić information content (AvgIpc) is 3.38. The minimum absolute atomic E-state index is 0.169. The Kier molecular flexibility index (Phi) is 4.88. The molecule has 162 valence electrons. The summed E-state index contributed by atoms with van der Waals surface area (Å²) in [6, 6.07) is 9.31. The SMILES string of the molecule is CCOc1c(Cl)cc([C@H]2[C@H]([N+](=O)[O-])[C@@]3(C(=O)Nc4ccccc43)N3CCC[C@@H]23)cc1Cl. The second-order valence-corrected chi connectivity index (χ2v) is 8.99. The molecule has 2 fully saturated rings. The lowest BCUT2D eigenvalue weighted by Gasteiger charge is -2.32. The van der Waals surface area contributed by atoms with Crippen molar-refractivity contribution in [2.24, 2.45) is 0 Å². The Bertz CT molecular complexity index is 1070. The van der Waals surface area contributed by atoms with E-state index < -0.39 is 17.5 Å². The lowest BCUT2D eigenvalue weighted by atomic mass is 9.77. The topological polar surface area (TPSA) is 84.7 Å². The first-order chi connectivity index (χ1) is 14.9. The molecule has 7 nitrogen and oxygen atoms in total. The highest BCUT2D eigenvalue weighted by Crippen LogP contribution is 2.58. The number of nitrogens with zero attached hydrogens (tertiary/aromatic N) is 2. The normalized spacial score (nSPS) is 29.1. The highest BCUT2D eigenvalue weighted by molar-refractivity contribution is 6.37. The molecule has 0 saturated carbocycles. The van der Waals surface area contributed by atoms with Crippen molar-refractivity contribution in [1.29, 1.82) is 0 Å². The van der Waals surface area contributed by atoms with E-state index in [4.69, 9.17) is 27.9 Å². The van der Waals surface area contributed by atoms with E-state index in [0.717, 1.165) is 12.8 Å². The summed E-state index contributed by atoms with van der Waals surface area (Å²) in [4.78, 5) is 27.7. The van der Waals surface area contributed by atoms with Crippen molar-refractivity contribution in [3.63, 3.8) is 0 Å². The summed E-state index contributed by atoms with van der Waals surface area (Å²) in [5.41, 5.74) is 0.600. The van der Waals surface area contributed by atoms with Crippen LogP contribution in [0.1, 0.15) is 36.8 Å². The fraction of sp³-hybridized carbons (Fsp3) is 0.409. The fourth-order valence-corrected chi connectivity index (χ4v) is 6.44. The van der Waals surface area contributed by atoms with E-state index in [1.54, 1.807) is 18.2 Å². The summed E-state index contributed by atoms with van der Waals surface area (Å²) >= 11 is 12.9. The van der Waals surface area contributed by atoms with Gasteiger partial charge in [-0.05, 0) is 43.5 Å². The van der Waals surface area contributed by atoms with Gasteiger partial charge < -0.3 is 10.1 Å². The third kappa shape index (κ3) is 2.73. The zero-order valence-corrected chi connectivity index (χ0v) is 18.3. The molecule has 3 aliphatic heterocycles. The number of carbonyl (C=O) groups is 1. The molecule has 0 unspecified atom stereocenters. The van der Waals surface area contributed by atoms with Gasteiger partial charge in [-0.25, -0.2) is 0 Å². The number of rotatable bonds is 4. The Morgan fingerprint density at radius 2 is 2.00 bits per heavy atom. The van der Waals surface area contributed by atoms with Crippen LogP contribution < -0.4 is 10.1 Å². The smallest absolute Gasteiger partial charge is 0.256 e. The highest BCUT2D eigenvalue weighted by atomic mass is 35.5. The molecule has 9 heteroatoms.